The van der Waals surface area contributed by atoms with Crippen molar-refractivity contribution >= 4 is 56.6 Å². The molecule has 0 spiro atoms. The first kappa shape index (κ1) is 30.0. The summed E-state index contributed by atoms with van der Waals surface area (Å²) in [4.78, 5) is 43.9. The molecular weight excluding hydrogens is 568 g/mol. The fourth-order valence-electron chi connectivity index (χ4n) is 4.47. The van der Waals surface area contributed by atoms with Gasteiger partial charge in [0.2, 0.25) is 12.3 Å². The quantitative estimate of drug-likeness (QED) is 0.123. The van der Waals surface area contributed by atoms with E-state index < -0.39 is 24.1 Å². The predicted octanol–water partition coefficient (Wildman–Crippen LogP) is 3.68. The van der Waals surface area contributed by atoms with E-state index in [9.17, 15) is 23.2 Å². The zero-order valence-electron chi connectivity index (χ0n) is 22.3. The summed E-state index contributed by atoms with van der Waals surface area (Å²) in [7, 11) is 0. The molecule has 1 atom stereocenters. The monoisotopic (exact) mass is 595 g/mol. The smallest absolute Gasteiger partial charge is 0.319 e. The number of amides is 2. The molecule has 0 bridgehead atoms. The molecule has 5 rings (SSSR count). The number of hydrogen-bond donors (Lipinski definition) is 5. The molecular formula is C27H27F2N9O3S. The first-order chi connectivity index (χ1) is 20.1. The van der Waals surface area contributed by atoms with Gasteiger partial charge in [-0.25, -0.2) is 9.97 Å². The maximum absolute atomic E-state index is 13.6. The molecule has 2 amide bonds. The zero-order chi connectivity index (χ0) is 30.4. The van der Waals surface area contributed by atoms with Gasteiger partial charge in [0.1, 0.15) is 28.4 Å². The van der Waals surface area contributed by atoms with Gasteiger partial charge in [-0.1, -0.05) is 42.1 Å². The average molecular weight is 596 g/mol. The Morgan fingerprint density at radius 2 is 1.95 bits per heavy atom. The van der Waals surface area contributed by atoms with E-state index in [-0.39, 0.29) is 29.3 Å². The highest BCUT2D eigenvalue weighted by atomic mass is 32.2. The summed E-state index contributed by atoms with van der Waals surface area (Å²) < 4.78 is 29.2. The van der Waals surface area contributed by atoms with Crippen molar-refractivity contribution in [2.45, 2.75) is 38.9 Å². The first-order valence-corrected chi connectivity index (χ1v) is 13.4. The van der Waals surface area contributed by atoms with Gasteiger partial charge in [-0.15, -0.1) is 0 Å². The van der Waals surface area contributed by atoms with Gasteiger partial charge in [0.25, 0.3) is 5.56 Å². The molecule has 4 aromatic rings. The molecule has 1 aliphatic heterocycles. The lowest BCUT2D eigenvalue weighted by molar-refractivity contribution is -0.124. The summed E-state index contributed by atoms with van der Waals surface area (Å²) >= 11 is 1.17. The van der Waals surface area contributed by atoms with Gasteiger partial charge in [0, 0.05) is 35.3 Å². The SMILES string of the molecule is CC(=N)SC(=N)c1ccccc1.Nc1cc2c(cn1)cc(CNC(=O)C1CCc3ncc(NC=O)c(=O)n31)n2C(F)F. The zero-order valence-corrected chi connectivity index (χ0v) is 23.1. The number of alkyl halides is 2. The molecule has 0 aliphatic carbocycles. The van der Waals surface area contributed by atoms with E-state index in [1.165, 1.54) is 40.9 Å². The van der Waals surface area contributed by atoms with Gasteiger partial charge in [-0.2, -0.15) is 8.78 Å². The van der Waals surface area contributed by atoms with Crippen molar-refractivity contribution in [3.8, 4) is 0 Å². The Hall–Kier alpha value is -4.92. The number of nitrogen functional groups attached to an aromatic ring is 1. The highest BCUT2D eigenvalue weighted by molar-refractivity contribution is 8.26. The fourth-order valence-corrected chi connectivity index (χ4v) is 5.03. The van der Waals surface area contributed by atoms with Gasteiger partial charge in [-0.3, -0.25) is 34.3 Å². The van der Waals surface area contributed by atoms with Gasteiger partial charge < -0.3 is 16.4 Å². The van der Waals surface area contributed by atoms with Gasteiger partial charge in [-0.05, 0) is 19.4 Å². The van der Waals surface area contributed by atoms with Gasteiger partial charge in [0.15, 0.2) is 0 Å². The lowest BCUT2D eigenvalue weighted by atomic mass is 10.2. The number of rotatable bonds is 7. The summed E-state index contributed by atoms with van der Waals surface area (Å²) in [5.74, 6) is 0.0109. The maximum atomic E-state index is 13.6. The van der Waals surface area contributed by atoms with E-state index in [4.69, 9.17) is 16.6 Å². The molecule has 0 saturated heterocycles. The van der Waals surface area contributed by atoms with Crippen LogP contribution in [0.5, 0.6) is 0 Å². The van der Waals surface area contributed by atoms with Gasteiger partial charge >= 0.3 is 6.55 Å². The minimum Gasteiger partial charge on any atom is -0.384 e. The van der Waals surface area contributed by atoms with Gasteiger partial charge in [0.05, 0.1) is 23.3 Å². The van der Waals surface area contributed by atoms with Crippen molar-refractivity contribution in [1.82, 2.24) is 24.4 Å². The minimum atomic E-state index is -2.84. The number of fused-ring (bicyclic) bond motifs is 2. The maximum Gasteiger partial charge on any atom is 0.319 e. The van der Waals surface area contributed by atoms with E-state index in [1.54, 1.807) is 6.92 Å². The van der Waals surface area contributed by atoms with Crippen LogP contribution >= 0.6 is 11.8 Å². The van der Waals surface area contributed by atoms with Crippen molar-refractivity contribution in [2.24, 2.45) is 0 Å². The van der Waals surface area contributed by atoms with E-state index >= 15 is 0 Å². The number of nitrogens with two attached hydrogens (primary N) is 1. The second-order valence-electron chi connectivity index (χ2n) is 9.10. The average Bonchev–Trinajstić information content (AvgIpc) is 3.55. The number of aromatic nitrogens is 4. The van der Waals surface area contributed by atoms with Crippen LogP contribution in [-0.2, 0) is 22.6 Å². The number of anilines is 2. The van der Waals surface area contributed by atoms with Crippen LogP contribution in [0.2, 0.25) is 0 Å². The summed E-state index contributed by atoms with van der Waals surface area (Å²) in [5.41, 5.74) is 6.25. The summed E-state index contributed by atoms with van der Waals surface area (Å²) in [5, 5.41) is 21.0. The second kappa shape index (κ2) is 13.2. The van der Waals surface area contributed by atoms with Crippen molar-refractivity contribution in [1.29, 1.82) is 10.8 Å². The fraction of sp³-hybridized carbons (Fsp3) is 0.222. The van der Waals surface area contributed by atoms with Crippen molar-refractivity contribution < 1.29 is 18.4 Å². The molecule has 1 aliphatic rings. The third-order valence-corrected chi connectivity index (χ3v) is 7.04. The third-order valence-electron chi connectivity index (χ3n) is 6.29. The number of carbonyl (C=O) groups is 2. The first-order valence-electron chi connectivity index (χ1n) is 12.6. The molecule has 42 heavy (non-hydrogen) atoms. The normalized spacial score (nSPS) is 13.7. The van der Waals surface area contributed by atoms with E-state index in [0.717, 1.165) is 10.1 Å². The Labute approximate surface area is 242 Å². The van der Waals surface area contributed by atoms with Crippen LogP contribution in [0.15, 0.2) is 59.7 Å². The van der Waals surface area contributed by atoms with Crippen molar-refractivity contribution in [2.75, 3.05) is 11.1 Å². The number of carbonyl (C=O) groups excluding carboxylic acids is 2. The molecule has 1 aromatic carbocycles. The molecule has 15 heteroatoms. The predicted molar refractivity (Wildman–Crippen MR) is 157 cm³/mol. The number of benzene rings is 1. The topological polar surface area (TPSA) is 185 Å². The highest BCUT2D eigenvalue weighted by Crippen LogP contribution is 2.27. The van der Waals surface area contributed by atoms with Crippen LogP contribution in [-0.4, -0.2) is 41.5 Å². The molecule has 1 unspecified atom stereocenters. The Kier molecular flexibility index (Phi) is 9.42. The Bertz CT molecular complexity index is 1710. The van der Waals surface area contributed by atoms with E-state index in [1.807, 2.05) is 30.3 Å². The summed E-state index contributed by atoms with van der Waals surface area (Å²) in [6.45, 7) is -1.34. The third kappa shape index (κ3) is 6.68. The van der Waals surface area contributed by atoms with Crippen LogP contribution < -0.4 is 21.9 Å². The minimum absolute atomic E-state index is 0.0450. The largest absolute Gasteiger partial charge is 0.384 e. The molecule has 4 heterocycles. The molecule has 12 nitrogen and oxygen atoms in total. The number of pyridine rings is 1. The van der Waals surface area contributed by atoms with Crippen LogP contribution in [0.1, 0.15) is 43.0 Å². The molecule has 0 fully saturated rings. The summed E-state index contributed by atoms with van der Waals surface area (Å²) in [6.07, 6.45) is 3.70. The number of nitrogens with zero attached hydrogens (tertiary/aromatic N) is 4. The molecule has 218 valence electrons. The number of halogens is 2. The van der Waals surface area contributed by atoms with Crippen LogP contribution in [0.3, 0.4) is 0 Å². The molecule has 6 N–H and O–H groups in total. The number of hydrogen-bond acceptors (Lipinski definition) is 9. The lowest BCUT2D eigenvalue weighted by Crippen LogP contribution is -2.36. The molecule has 0 saturated carbocycles. The van der Waals surface area contributed by atoms with Crippen molar-refractivity contribution in [3.05, 3.63) is 82.3 Å². The second-order valence-corrected chi connectivity index (χ2v) is 10.3. The number of thioether (sulfide) groups is 1. The number of nitrogens with one attached hydrogen (secondary N) is 4. The molecule has 3 aromatic heterocycles. The number of aryl methyl sites for hydroxylation is 1. The standard InChI is InChI=1S/C18H17F2N7O3.C9H10N2S/c19-18(20)26-10(3-9-5-22-14(21)4-13(9)26)6-24-16(29)12-1-2-15-23-7-11(25-8-28)17(30)27(12)15;1-7(10)12-9(11)8-5-3-2-4-6-8/h3-5,7-8,12,18H,1-2,6H2,(H2,21,22)(H,24,29)(H,25,28);2-6,10-11H,1H3. The Balaban J connectivity index is 0.000000283. The van der Waals surface area contributed by atoms with Crippen molar-refractivity contribution in [3.63, 3.8) is 0 Å². The Morgan fingerprint density at radius 1 is 1.21 bits per heavy atom. The van der Waals surface area contributed by atoms with Crippen LogP contribution in [0.4, 0.5) is 20.3 Å². The Morgan fingerprint density at radius 3 is 2.62 bits per heavy atom. The summed E-state index contributed by atoms with van der Waals surface area (Å²) in [6, 6.07) is 11.4. The van der Waals surface area contributed by atoms with Crippen LogP contribution in [0.25, 0.3) is 10.9 Å². The van der Waals surface area contributed by atoms with E-state index in [2.05, 4.69) is 20.6 Å². The molecule has 0 radical (unpaired) electrons. The lowest BCUT2D eigenvalue weighted by Gasteiger charge is -2.16. The van der Waals surface area contributed by atoms with E-state index in [0.29, 0.717) is 40.5 Å². The van der Waals surface area contributed by atoms with Crippen LogP contribution in [0, 0.1) is 10.8 Å². The highest BCUT2D eigenvalue weighted by Gasteiger charge is 2.31.